The number of ether oxygens (including phenoxy) is 1. The quantitative estimate of drug-likeness (QED) is 0.515. The number of para-hydroxylation sites is 2. The largest absolute Gasteiger partial charge is 0.458 e. The molecule has 1 aliphatic heterocycles. The van der Waals surface area contributed by atoms with E-state index in [1.54, 1.807) is 54.2 Å². The average Bonchev–Trinajstić information content (AvgIpc) is 3.23. The van der Waals surface area contributed by atoms with Crippen LogP contribution in [-0.2, 0) is 14.3 Å². The van der Waals surface area contributed by atoms with Crippen LogP contribution in [-0.4, -0.2) is 27.8 Å². The lowest BCUT2D eigenvalue weighted by atomic mass is 10.0. The molecule has 6 heteroatoms. The van der Waals surface area contributed by atoms with E-state index in [1.165, 1.54) is 0 Å². The van der Waals surface area contributed by atoms with Crippen LogP contribution in [0.4, 0.5) is 5.69 Å². The number of aliphatic hydroxyl groups excluding tert-OH is 1. The van der Waals surface area contributed by atoms with Crippen molar-refractivity contribution < 1.29 is 19.4 Å². The number of benzene rings is 2. The first-order chi connectivity index (χ1) is 14.1. The molecule has 1 N–H and O–H groups in total. The van der Waals surface area contributed by atoms with Crippen molar-refractivity contribution in [3.63, 3.8) is 0 Å². The summed E-state index contributed by atoms with van der Waals surface area (Å²) in [5.74, 6) is -1.24. The third-order valence-electron chi connectivity index (χ3n) is 4.87. The standard InChI is InChI=1S/C23H20N2O4/c1-3-19(26)29-21-20(17-14-24(4-2)18-13-9-8-12-16(17)18)22(27)25(23(21)28)15-10-6-5-7-11-15/h4-14,19,26H,2-3H2,1H3. The van der Waals surface area contributed by atoms with E-state index in [0.29, 0.717) is 11.3 Å². The number of aliphatic hydroxyl groups is 1. The third kappa shape index (κ3) is 3.03. The highest BCUT2D eigenvalue weighted by molar-refractivity contribution is 6.46. The molecule has 0 saturated carbocycles. The van der Waals surface area contributed by atoms with Gasteiger partial charge >= 0.3 is 5.91 Å². The van der Waals surface area contributed by atoms with Gasteiger partial charge in [-0.2, -0.15) is 0 Å². The smallest absolute Gasteiger partial charge is 0.301 e. The van der Waals surface area contributed by atoms with Crippen LogP contribution < -0.4 is 4.90 Å². The Morgan fingerprint density at radius 2 is 1.76 bits per heavy atom. The Labute approximate surface area is 167 Å². The molecule has 0 bridgehead atoms. The number of aromatic nitrogens is 1. The first-order valence-corrected chi connectivity index (χ1v) is 9.32. The lowest BCUT2D eigenvalue weighted by Crippen LogP contribution is -2.32. The molecule has 0 spiro atoms. The highest BCUT2D eigenvalue weighted by atomic mass is 16.6. The van der Waals surface area contributed by atoms with E-state index in [9.17, 15) is 14.7 Å². The Balaban J connectivity index is 1.93. The maximum atomic E-state index is 13.4. The van der Waals surface area contributed by atoms with Crippen molar-refractivity contribution in [1.29, 1.82) is 0 Å². The Morgan fingerprint density at radius 3 is 2.45 bits per heavy atom. The molecule has 2 heterocycles. The summed E-state index contributed by atoms with van der Waals surface area (Å²) in [5, 5.41) is 10.8. The summed E-state index contributed by atoms with van der Waals surface area (Å²) >= 11 is 0. The number of imide groups is 1. The van der Waals surface area contributed by atoms with Gasteiger partial charge < -0.3 is 14.4 Å². The minimum atomic E-state index is -1.19. The number of carbonyl (C=O) groups excluding carboxylic acids is 2. The van der Waals surface area contributed by atoms with Gasteiger partial charge in [-0.05, 0) is 18.2 Å². The van der Waals surface area contributed by atoms with E-state index in [1.807, 2.05) is 24.3 Å². The van der Waals surface area contributed by atoms with E-state index in [-0.39, 0.29) is 17.8 Å². The molecule has 0 radical (unpaired) electrons. The number of carbonyl (C=O) groups is 2. The van der Waals surface area contributed by atoms with Crippen LogP contribution in [0.15, 0.2) is 73.1 Å². The number of rotatable bonds is 6. The minimum absolute atomic E-state index is 0.128. The van der Waals surface area contributed by atoms with Crippen molar-refractivity contribution in [3.8, 4) is 0 Å². The summed E-state index contributed by atoms with van der Waals surface area (Å²) in [6.07, 6.45) is 2.45. The summed E-state index contributed by atoms with van der Waals surface area (Å²) in [6.45, 7) is 5.54. The number of fused-ring (bicyclic) bond motifs is 1. The molecule has 1 unspecified atom stereocenters. The molecule has 4 rings (SSSR count). The molecule has 0 saturated heterocycles. The second-order valence-electron chi connectivity index (χ2n) is 6.62. The van der Waals surface area contributed by atoms with Crippen LogP contribution in [0.1, 0.15) is 18.9 Å². The van der Waals surface area contributed by atoms with E-state index < -0.39 is 18.1 Å². The van der Waals surface area contributed by atoms with Gasteiger partial charge in [0.2, 0.25) is 5.76 Å². The first kappa shape index (κ1) is 18.7. The maximum absolute atomic E-state index is 13.4. The van der Waals surface area contributed by atoms with Crippen molar-refractivity contribution in [2.24, 2.45) is 0 Å². The molecular formula is C23H20N2O4. The lowest BCUT2D eigenvalue weighted by Gasteiger charge is -2.15. The molecule has 0 aliphatic carbocycles. The Bertz CT molecular complexity index is 1140. The Hall–Kier alpha value is -3.64. The van der Waals surface area contributed by atoms with Crippen molar-refractivity contribution in [3.05, 3.63) is 78.7 Å². The molecule has 2 aromatic carbocycles. The second-order valence-corrected chi connectivity index (χ2v) is 6.62. The summed E-state index contributed by atoms with van der Waals surface area (Å²) in [6, 6.07) is 16.2. The normalized spacial score (nSPS) is 15.3. The van der Waals surface area contributed by atoms with Gasteiger partial charge in [-0.15, -0.1) is 0 Å². The molecule has 1 aromatic heterocycles. The fraction of sp³-hybridized carbons (Fsp3) is 0.130. The monoisotopic (exact) mass is 388 g/mol. The number of nitrogens with zero attached hydrogens (tertiary/aromatic N) is 2. The summed E-state index contributed by atoms with van der Waals surface area (Å²) < 4.78 is 7.33. The van der Waals surface area contributed by atoms with Crippen LogP contribution in [0.5, 0.6) is 0 Å². The molecule has 1 aliphatic rings. The summed E-state index contributed by atoms with van der Waals surface area (Å²) in [7, 11) is 0. The first-order valence-electron chi connectivity index (χ1n) is 9.32. The Morgan fingerprint density at radius 1 is 1.07 bits per heavy atom. The van der Waals surface area contributed by atoms with Gasteiger partial charge in [0, 0.05) is 29.8 Å². The van der Waals surface area contributed by atoms with Gasteiger partial charge in [0.25, 0.3) is 5.91 Å². The van der Waals surface area contributed by atoms with Gasteiger partial charge in [-0.3, -0.25) is 9.59 Å². The predicted octanol–water partition coefficient (Wildman–Crippen LogP) is 3.77. The van der Waals surface area contributed by atoms with E-state index in [0.717, 1.165) is 15.8 Å². The van der Waals surface area contributed by atoms with Crippen LogP contribution >= 0.6 is 0 Å². The zero-order valence-corrected chi connectivity index (χ0v) is 15.9. The zero-order valence-electron chi connectivity index (χ0n) is 15.9. The summed E-state index contributed by atoms with van der Waals surface area (Å²) in [4.78, 5) is 27.6. The van der Waals surface area contributed by atoms with Gasteiger partial charge in [0.05, 0.1) is 16.8 Å². The van der Waals surface area contributed by atoms with Gasteiger partial charge in [0.15, 0.2) is 6.29 Å². The maximum Gasteiger partial charge on any atom is 0.301 e. The van der Waals surface area contributed by atoms with Gasteiger partial charge in [-0.25, -0.2) is 4.90 Å². The van der Waals surface area contributed by atoms with Crippen LogP contribution in [0.2, 0.25) is 0 Å². The zero-order chi connectivity index (χ0) is 20.5. The molecule has 1 atom stereocenters. The van der Waals surface area contributed by atoms with Crippen molar-refractivity contribution in [1.82, 2.24) is 4.57 Å². The van der Waals surface area contributed by atoms with Crippen LogP contribution in [0.3, 0.4) is 0 Å². The second kappa shape index (κ2) is 7.41. The third-order valence-corrected chi connectivity index (χ3v) is 4.87. The SMILES string of the molecule is C=Cn1cc(C2=C(OC(O)CC)C(=O)N(c3ccccc3)C2=O)c2ccccc21. The molecular weight excluding hydrogens is 368 g/mol. The number of hydrogen-bond donors (Lipinski definition) is 1. The molecule has 146 valence electrons. The molecule has 6 nitrogen and oxygen atoms in total. The molecule has 3 aromatic rings. The topological polar surface area (TPSA) is 71.8 Å². The Kier molecular flexibility index (Phi) is 4.78. The molecule has 29 heavy (non-hydrogen) atoms. The van der Waals surface area contributed by atoms with Gasteiger partial charge in [-0.1, -0.05) is 49.9 Å². The molecule has 2 amide bonds. The van der Waals surface area contributed by atoms with Crippen molar-refractivity contribution >= 4 is 40.2 Å². The van der Waals surface area contributed by atoms with Crippen LogP contribution in [0.25, 0.3) is 22.7 Å². The molecule has 0 fully saturated rings. The highest BCUT2D eigenvalue weighted by Gasteiger charge is 2.43. The van der Waals surface area contributed by atoms with Crippen molar-refractivity contribution in [2.45, 2.75) is 19.6 Å². The fourth-order valence-electron chi connectivity index (χ4n) is 3.44. The number of hydrogen-bond acceptors (Lipinski definition) is 4. The minimum Gasteiger partial charge on any atom is -0.458 e. The van der Waals surface area contributed by atoms with E-state index >= 15 is 0 Å². The summed E-state index contributed by atoms with van der Waals surface area (Å²) in [5.41, 5.74) is 1.97. The number of anilines is 1. The van der Waals surface area contributed by atoms with Gasteiger partial charge in [0.1, 0.15) is 0 Å². The highest BCUT2D eigenvalue weighted by Crippen LogP contribution is 2.37. The average molecular weight is 388 g/mol. The van der Waals surface area contributed by atoms with Crippen molar-refractivity contribution in [2.75, 3.05) is 4.90 Å². The predicted molar refractivity (Wildman–Crippen MR) is 112 cm³/mol. The van der Waals surface area contributed by atoms with Crippen LogP contribution in [0, 0.1) is 0 Å². The van der Waals surface area contributed by atoms with E-state index in [2.05, 4.69) is 6.58 Å². The lowest BCUT2D eigenvalue weighted by molar-refractivity contribution is -0.126. The van der Waals surface area contributed by atoms with E-state index in [4.69, 9.17) is 4.74 Å². The number of amides is 2. The fourth-order valence-corrected chi connectivity index (χ4v) is 3.44.